The molecular weight excluding hydrogens is 330 g/mol. The van der Waals surface area contributed by atoms with E-state index in [1.165, 1.54) is 25.7 Å². The second kappa shape index (κ2) is 9.95. The zero-order valence-electron chi connectivity index (χ0n) is 15.9. The Bertz CT molecular complexity index is 568. The summed E-state index contributed by atoms with van der Waals surface area (Å²) in [4.78, 5) is 4.30. The molecule has 1 aliphatic carbocycles. The first-order valence-electron chi connectivity index (χ1n) is 9.36. The van der Waals surface area contributed by atoms with Gasteiger partial charge in [0.15, 0.2) is 5.96 Å². The summed E-state index contributed by atoms with van der Waals surface area (Å²) in [5.41, 5.74) is 1.58. The molecule has 4 nitrogen and oxygen atoms in total. The van der Waals surface area contributed by atoms with E-state index in [2.05, 4.69) is 29.5 Å². The van der Waals surface area contributed by atoms with Gasteiger partial charge in [-0.05, 0) is 36.2 Å². The third kappa shape index (κ3) is 6.81. The molecule has 1 fully saturated rings. The molecule has 1 aromatic rings. The first-order valence-corrected chi connectivity index (χ1v) is 10.9. The van der Waals surface area contributed by atoms with E-state index in [-0.39, 0.29) is 0 Å². The predicted octanol–water partition coefficient (Wildman–Crippen LogP) is 3.32. The van der Waals surface area contributed by atoms with Crippen LogP contribution in [0.2, 0.25) is 0 Å². The molecule has 0 heterocycles. The highest BCUT2D eigenvalue weighted by atomic mass is 32.2. The van der Waals surface area contributed by atoms with E-state index in [9.17, 15) is 4.21 Å². The van der Waals surface area contributed by atoms with E-state index in [0.29, 0.717) is 23.5 Å². The van der Waals surface area contributed by atoms with Crippen molar-refractivity contribution in [3.05, 3.63) is 35.9 Å². The molecule has 0 radical (unpaired) electrons. The van der Waals surface area contributed by atoms with Gasteiger partial charge in [0.2, 0.25) is 0 Å². The van der Waals surface area contributed by atoms with Gasteiger partial charge < -0.3 is 10.6 Å². The Morgan fingerprint density at radius 2 is 1.96 bits per heavy atom. The summed E-state index contributed by atoms with van der Waals surface area (Å²) < 4.78 is 12.2. The number of guanidine groups is 1. The van der Waals surface area contributed by atoms with Crippen molar-refractivity contribution >= 4 is 16.8 Å². The van der Waals surface area contributed by atoms with Crippen molar-refractivity contribution < 1.29 is 4.21 Å². The Kier molecular flexibility index (Phi) is 7.94. The van der Waals surface area contributed by atoms with Gasteiger partial charge in [-0.25, -0.2) is 0 Å². The van der Waals surface area contributed by atoms with Crippen molar-refractivity contribution in [1.29, 1.82) is 0 Å². The minimum atomic E-state index is -0.854. The van der Waals surface area contributed by atoms with Crippen LogP contribution in [0.4, 0.5) is 0 Å². The minimum absolute atomic E-state index is 0.446. The fraction of sp³-hybridized carbons (Fsp3) is 0.650. The second-order valence-electron chi connectivity index (χ2n) is 7.58. The van der Waals surface area contributed by atoms with Crippen LogP contribution >= 0.6 is 0 Å². The molecule has 0 amide bonds. The summed E-state index contributed by atoms with van der Waals surface area (Å²) in [7, 11) is 0.944. The molecular formula is C20H33N3OS. The molecule has 1 aliphatic rings. The summed E-state index contributed by atoms with van der Waals surface area (Å²) in [6, 6.07) is 10.0. The Morgan fingerprint density at radius 3 is 2.52 bits per heavy atom. The second-order valence-corrected chi connectivity index (χ2v) is 9.15. The fourth-order valence-corrected chi connectivity index (χ4v) is 4.64. The molecule has 1 atom stereocenters. The van der Waals surface area contributed by atoms with Gasteiger partial charge in [-0.2, -0.15) is 0 Å². The third-order valence-corrected chi connectivity index (χ3v) is 6.22. The van der Waals surface area contributed by atoms with E-state index in [1.54, 1.807) is 7.05 Å². The molecule has 0 bridgehead atoms. The molecule has 25 heavy (non-hydrogen) atoms. The van der Waals surface area contributed by atoms with Crippen LogP contribution in [0.5, 0.6) is 0 Å². The maximum absolute atomic E-state index is 12.2. The number of aliphatic imine (C=N–C) groups is 1. The summed E-state index contributed by atoms with van der Waals surface area (Å²) in [5.74, 6) is 2.81. The first kappa shape index (κ1) is 20.0. The Morgan fingerprint density at radius 1 is 1.24 bits per heavy atom. The monoisotopic (exact) mass is 363 g/mol. The summed E-state index contributed by atoms with van der Waals surface area (Å²) in [5, 5.41) is 6.79. The molecule has 5 heteroatoms. The van der Waals surface area contributed by atoms with Crippen molar-refractivity contribution in [3.63, 3.8) is 0 Å². The highest BCUT2D eigenvalue weighted by Gasteiger charge is 2.37. The fourth-order valence-electron chi connectivity index (χ4n) is 3.60. The number of benzene rings is 1. The van der Waals surface area contributed by atoms with Gasteiger partial charge in [0.25, 0.3) is 0 Å². The van der Waals surface area contributed by atoms with Crippen molar-refractivity contribution in [2.75, 3.05) is 25.9 Å². The standard InChI is InChI=1S/C20H33N3OS/c1-17(2)14-20(10-7-11-20)16-23-19(21-3)22-12-13-25(24)15-18-8-5-4-6-9-18/h4-6,8-9,17H,7,10-16H2,1-3H3,(H2,21,22,23). The number of nitrogens with one attached hydrogen (secondary N) is 2. The molecule has 2 rings (SSSR count). The lowest BCUT2D eigenvalue weighted by atomic mass is 9.64. The average Bonchev–Trinajstić information content (AvgIpc) is 2.55. The van der Waals surface area contributed by atoms with E-state index in [0.717, 1.165) is 24.0 Å². The van der Waals surface area contributed by atoms with Crippen LogP contribution in [-0.4, -0.2) is 36.1 Å². The topological polar surface area (TPSA) is 53.5 Å². The molecule has 2 N–H and O–H groups in total. The van der Waals surface area contributed by atoms with E-state index in [1.807, 2.05) is 30.3 Å². The van der Waals surface area contributed by atoms with Gasteiger partial charge in [-0.1, -0.05) is 50.6 Å². The van der Waals surface area contributed by atoms with E-state index in [4.69, 9.17) is 0 Å². The van der Waals surface area contributed by atoms with Crippen LogP contribution in [0.3, 0.4) is 0 Å². The Hall–Kier alpha value is -1.36. The molecule has 0 spiro atoms. The number of hydrogen-bond donors (Lipinski definition) is 2. The highest BCUT2D eigenvalue weighted by Crippen LogP contribution is 2.45. The van der Waals surface area contributed by atoms with Crippen molar-refractivity contribution in [2.45, 2.75) is 45.3 Å². The zero-order valence-corrected chi connectivity index (χ0v) is 16.7. The Balaban J connectivity index is 1.69. The maximum atomic E-state index is 12.2. The lowest BCUT2D eigenvalue weighted by Gasteiger charge is -2.43. The normalized spacial score (nSPS) is 17.8. The van der Waals surface area contributed by atoms with Gasteiger partial charge in [-0.15, -0.1) is 0 Å². The molecule has 0 aliphatic heterocycles. The van der Waals surface area contributed by atoms with Gasteiger partial charge in [0, 0.05) is 42.4 Å². The van der Waals surface area contributed by atoms with Crippen molar-refractivity contribution in [1.82, 2.24) is 10.6 Å². The van der Waals surface area contributed by atoms with Crippen LogP contribution < -0.4 is 10.6 Å². The molecule has 0 aromatic heterocycles. The summed E-state index contributed by atoms with van der Waals surface area (Å²) in [6.45, 7) is 6.26. The van der Waals surface area contributed by atoms with Gasteiger partial charge in [-0.3, -0.25) is 9.20 Å². The lowest BCUT2D eigenvalue weighted by Crippen LogP contribution is -2.47. The number of nitrogens with zero attached hydrogens (tertiary/aromatic N) is 1. The van der Waals surface area contributed by atoms with Crippen LogP contribution in [0.25, 0.3) is 0 Å². The quantitative estimate of drug-likeness (QED) is 0.523. The van der Waals surface area contributed by atoms with Crippen LogP contribution in [-0.2, 0) is 16.6 Å². The van der Waals surface area contributed by atoms with Crippen molar-refractivity contribution in [2.24, 2.45) is 16.3 Å². The predicted molar refractivity (Wildman–Crippen MR) is 108 cm³/mol. The van der Waals surface area contributed by atoms with Gasteiger partial charge in [0.05, 0.1) is 0 Å². The largest absolute Gasteiger partial charge is 0.356 e. The molecule has 140 valence electrons. The first-order chi connectivity index (χ1) is 12.0. The van der Waals surface area contributed by atoms with Gasteiger partial charge >= 0.3 is 0 Å². The summed E-state index contributed by atoms with van der Waals surface area (Å²) >= 11 is 0. The number of rotatable bonds is 9. The zero-order chi connectivity index (χ0) is 18.1. The maximum Gasteiger partial charge on any atom is 0.191 e. The van der Waals surface area contributed by atoms with E-state index < -0.39 is 10.8 Å². The minimum Gasteiger partial charge on any atom is -0.356 e. The van der Waals surface area contributed by atoms with E-state index >= 15 is 0 Å². The lowest BCUT2D eigenvalue weighted by molar-refractivity contribution is 0.104. The van der Waals surface area contributed by atoms with Crippen molar-refractivity contribution in [3.8, 4) is 0 Å². The van der Waals surface area contributed by atoms with Crippen LogP contribution in [0.15, 0.2) is 35.3 Å². The Labute approximate surface area is 155 Å². The number of hydrogen-bond acceptors (Lipinski definition) is 2. The highest BCUT2D eigenvalue weighted by molar-refractivity contribution is 7.84. The third-order valence-electron chi connectivity index (χ3n) is 4.90. The van der Waals surface area contributed by atoms with Gasteiger partial charge in [0.1, 0.15) is 0 Å². The molecule has 1 aromatic carbocycles. The van der Waals surface area contributed by atoms with Crippen LogP contribution in [0.1, 0.15) is 45.1 Å². The SMILES string of the molecule is CN=C(NCCS(=O)Cc1ccccc1)NCC1(CC(C)C)CCC1. The molecule has 1 saturated carbocycles. The van der Waals surface area contributed by atoms with Crippen LogP contribution in [0, 0.1) is 11.3 Å². The smallest absolute Gasteiger partial charge is 0.191 e. The molecule has 0 saturated heterocycles. The summed E-state index contributed by atoms with van der Waals surface area (Å²) in [6.07, 6.45) is 5.25. The molecule has 1 unspecified atom stereocenters. The average molecular weight is 364 g/mol.